The number of imidazole rings is 1. The molecule has 202 valence electrons. The van der Waals surface area contributed by atoms with E-state index in [-0.39, 0.29) is 29.1 Å². The lowest BCUT2D eigenvalue weighted by molar-refractivity contribution is -0.128. The molecule has 3 aliphatic rings. The van der Waals surface area contributed by atoms with Crippen LogP contribution in [0.1, 0.15) is 48.7 Å². The molecule has 0 bridgehead atoms. The average Bonchev–Trinajstić information content (AvgIpc) is 3.83. The number of aliphatic hydroxyl groups excluding tert-OH is 2. The Kier molecular flexibility index (Phi) is 5.53. The third-order valence-electron chi connectivity index (χ3n) is 8.65. The van der Waals surface area contributed by atoms with Crippen molar-refractivity contribution in [2.45, 2.75) is 50.0 Å². The quantitative estimate of drug-likeness (QED) is 0.332. The summed E-state index contributed by atoms with van der Waals surface area (Å²) in [6.45, 7) is 1.44. The van der Waals surface area contributed by atoms with Gasteiger partial charge >= 0.3 is 0 Å². The minimum atomic E-state index is -1.18. The molecule has 0 aliphatic heterocycles. The molecule has 2 heterocycles. The summed E-state index contributed by atoms with van der Waals surface area (Å²) in [5.41, 5.74) is 1.38. The van der Waals surface area contributed by atoms with Crippen LogP contribution in [0.2, 0.25) is 0 Å². The SMILES string of the molecule is CC(=O)[C@@]12CC1[C@@H](n1cnc3c(NC4C[C@H]4c4ccccc4)nc(C#Cc4ccc(F)c(F)c4)nc31)[C@H](O)C2O. The second kappa shape index (κ2) is 8.91. The predicted octanol–water partition coefficient (Wildman–Crippen LogP) is 3.34. The van der Waals surface area contributed by atoms with Gasteiger partial charge in [-0.05, 0) is 55.4 Å². The predicted molar refractivity (Wildman–Crippen MR) is 141 cm³/mol. The Morgan fingerprint density at radius 1 is 1.10 bits per heavy atom. The smallest absolute Gasteiger partial charge is 0.209 e. The maximum atomic E-state index is 13.7. The van der Waals surface area contributed by atoms with Crippen LogP contribution < -0.4 is 5.32 Å². The van der Waals surface area contributed by atoms with Gasteiger partial charge < -0.3 is 20.1 Å². The van der Waals surface area contributed by atoms with Gasteiger partial charge in [-0.15, -0.1) is 0 Å². The lowest BCUT2D eigenvalue weighted by atomic mass is 9.95. The summed E-state index contributed by atoms with van der Waals surface area (Å²) in [6.07, 6.45) is 0.582. The third-order valence-corrected chi connectivity index (χ3v) is 8.65. The third kappa shape index (κ3) is 3.80. The zero-order valence-corrected chi connectivity index (χ0v) is 21.4. The van der Waals surface area contributed by atoms with E-state index in [0.29, 0.717) is 29.3 Å². The fourth-order valence-corrected chi connectivity index (χ4v) is 6.36. The summed E-state index contributed by atoms with van der Waals surface area (Å²) in [4.78, 5) is 26.2. The first kappa shape index (κ1) is 24.8. The number of nitrogens with one attached hydrogen (secondary N) is 1. The monoisotopic (exact) mass is 541 g/mol. The Labute approximate surface area is 228 Å². The molecule has 3 fully saturated rings. The van der Waals surface area contributed by atoms with Crippen LogP contribution in [0, 0.1) is 34.8 Å². The van der Waals surface area contributed by atoms with Crippen molar-refractivity contribution in [1.29, 1.82) is 0 Å². The molecule has 0 saturated heterocycles. The van der Waals surface area contributed by atoms with Gasteiger partial charge in [0.15, 0.2) is 28.6 Å². The fourth-order valence-electron chi connectivity index (χ4n) is 6.36. The largest absolute Gasteiger partial charge is 0.389 e. The number of carbonyl (C=O) groups is 1. The molecule has 8 nitrogen and oxygen atoms in total. The molecule has 4 aromatic rings. The molecule has 3 saturated carbocycles. The number of aromatic nitrogens is 4. The van der Waals surface area contributed by atoms with Crippen molar-refractivity contribution in [1.82, 2.24) is 19.5 Å². The van der Waals surface area contributed by atoms with Crippen LogP contribution in [0.5, 0.6) is 0 Å². The number of anilines is 1. The van der Waals surface area contributed by atoms with Crippen molar-refractivity contribution in [3.8, 4) is 11.8 Å². The van der Waals surface area contributed by atoms with Crippen LogP contribution in [0.25, 0.3) is 11.2 Å². The highest BCUT2D eigenvalue weighted by molar-refractivity contribution is 5.88. The first-order chi connectivity index (χ1) is 19.3. The van der Waals surface area contributed by atoms with Crippen LogP contribution in [0.4, 0.5) is 14.6 Å². The minimum Gasteiger partial charge on any atom is -0.389 e. The number of carbonyl (C=O) groups excluding carboxylic acids is 1. The number of Topliss-reactive ketones (excluding diaryl/α,β-unsaturated/α-hetero) is 1. The van der Waals surface area contributed by atoms with Crippen LogP contribution in [0.15, 0.2) is 54.9 Å². The van der Waals surface area contributed by atoms with E-state index in [1.807, 2.05) is 18.2 Å². The van der Waals surface area contributed by atoms with Gasteiger partial charge in [0.05, 0.1) is 23.9 Å². The molecule has 0 amide bonds. The second-order valence-electron chi connectivity index (χ2n) is 10.9. The molecular weight excluding hydrogens is 516 g/mol. The van der Waals surface area contributed by atoms with Crippen molar-refractivity contribution in [2.75, 3.05) is 5.32 Å². The molecule has 3 N–H and O–H groups in total. The average molecular weight is 542 g/mol. The Morgan fingerprint density at radius 3 is 2.62 bits per heavy atom. The van der Waals surface area contributed by atoms with E-state index in [1.54, 1.807) is 10.9 Å². The van der Waals surface area contributed by atoms with E-state index in [4.69, 9.17) is 0 Å². The lowest BCUT2D eigenvalue weighted by Crippen LogP contribution is -2.36. The van der Waals surface area contributed by atoms with E-state index < -0.39 is 35.3 Å². The topological polar surface area (TPSA) is 113 Å². The van der Waals surface area contributed by atoms with E-state index in [2.05, 4.69) is 44.2 Å². The summed E-state index contributed by atoms with van der Waals surface area (Å²) in [7, 11) is 0. The normalized spacial score (nSPS) is 29.9. The number of nitrogens with zero attached hydrogens (tertiary/aromatic N) is 4. The highest BCUT2D eigenvalue weighted by Crippen LogP contribution is 2.68. The van der Waals surface area contributed by atoms with E-state index in [9.17, 15) is 23.8 Å². The Hall–Kier alpha value is -4.20. The maximum Gasteiger partial charge on any atom is 0.209 e. The number of hydrogen-bond donors (Lipinski definition) is 3. The minimum absolute atomic E-state index is 0.116. The number of rotatable bonds is 5. The Morgan fingerprint density at radius 2 is 1.90 bits per heavy atom. The molecule has 2 aromatic carbocycles. The summed E-state index contributed by atoms with van der Waals surface area (Å²) >= 11 is 0. The highest BCUT2D eigenvalue weighted by atomic mass is 19.2. The Balaban J connectivity index is 1.28. The van der Waals surface area contributed by atoms with E-state index in [0.717, 1.165) is 18.6 Å². The van der Waals surface area contributed by atoms with Crippen molar-refractivity contribution in [3.63, 3.8) is 0 Å². The molecule has 10 heteroatoms. The lowest BCUT2D eigenvalue weighted by Gasteiger charge is -2.23. The van der Waals surface area contributed by atoms with Gasteiger partial charge in [-0.25, -0.2) is 23.7 Å². The number of aliphatic hydroxyl groups is 2. The standard InChI is InChI=1S/C30H25F2N5O3/c1-15(38)30-13-19(30)25(26(39)27(30)40)37-14-33-24-28(34-22-12-18(22)17-5-3-2-4-6-17)35-23(36-29(24)37)10-8-16-7-9-20(31)21(32)11-16/h2-7,9,11,14,18-19,22,25-27,39-40H,12-13H2,1H3,(H,34,35,36)/t18-,19?,22?,25+,26-,27?,30-/m0/s1. The van der Waals surface area contributed by atoms with Crippen LogP contribution >= 0.6 is 0 Å². The van der Waals surface area contributed by atoms with Crippen molar-refractivity contribution < 1.29 is 23.8 Å². The second-order valence-corrected chi connectivity index (χ2v) is 10.9. The van der Waals surface area contributed by atoms with Crippen LogP contribution in [-0.4, -0.2) is 53.8 Å². The number of ketones is 1. The zero-order chi connectivity index (χ0) is 27.8. The van der Waals surface area contributed by atoms with Crippen molar-refractivity contribution in [3.05, 3.63) is 83.4 Å². The van der Waals surface area contributed by atoms with Gasteiger partial charge in [-0.2, -0.15) is 0 Å². The molecule has 3 unspecified atom stereocenters. The van der Waals surface area contributed by atoms with Gasteiger partial charge in [-0.3, -0.25) is 4.79 Å². The molecule has 3 aliphatic carbocycles. The van der Waals surface area contributed by atoms with Gasteiger partial charge in [0.2, 0.25) is 5.82 Å². The van der Waals surface area contributed by atoms with E-state index in [1.165, 1.54) is 18.6 Å². The molecule has 7 atom stereocenters. The highest BCUT2D eigenvalue weighted by Gasteiger charge is 2.74. The summed E-state index contributed by atoms with van der Waals surface area (Å²) in [6, 6.07) is 13.0. The molecule has 0 spiro atoms. The summed E-state index contributed by atoms with van der Waals surface area (Å²) < 4.78 is 28.8. The number of fused-ring (bicyclic) bond motifs is 2. The van der Waals surface area contributed by atoms with Gasteiger partial charge in [0, 0.05) is 17.5 Å². The van der Waals surface area contributed by atoms with Crippen molar-refractivity contribution in [2.24, 2.45) is 11.3 Å². The molecule has 40 heavy (non-hydrogen) atoms. The maximum absolute atomic E-state index is 13.7. The van der Waals surface area contributed by atoms with Gasteiger partial charge in [-0.1, -0.05) is 36.3 Å². The molecule has 7 rings (SSSR count). The number of hydrogen-bond acceptors (Lipinski definition) is 7. The van der Waals surface area contributed by atoms with E-state index >= 15 is 0 Å². The Bertz CT molecular complexity index is 1730. The van der Waals surface area contributed by atoms with Gasteiger partial charge in [0.25, 0.3) is 0 Å². The number of benzene rings is 2. The molecule has 2 aromatic heterocycles. The van der Waals surface area contributed by atoms with Crippen LogP contribution in [-0.2, 0) is 4.79 Å². The molecule has 0 radical (unpaired) electrons. The first-order valence-corrected chi connectivity index (χ1v) is 13.2. The zero-order valence-electron chi connectivity index (χ0n) is 21.4. The summed E-state index contributed by atoms with van der Waals surface area (Å²) in [5, 5.41) is 25.2. The molecular formula is C30H25F2N5O3. The first-order valence-electron chi connectivity index (χ1n) is 13.2. The van der Waals surface area contributed by atoms with Gasteiger partial charge in [0.1, 0.15) is 11.9 Å². The fraction of sp³-hybridized carbons (Fsp3) is 0.333. The number of halogens is 2. The van der Waals surface area contributed by atoms with Crippen LogP contribution in [0.3, 0.4) is 0 Å². The summed E-state index contributed by atoms with van der Waals surface area (Å²) in [5.74, 6) is 4.16. The van der Waals surface area contributed by atoms with Crippen molar-refractivity contribution >= 4 is 22.8 Å².